The first-order valence-electron chi connectivity index (χ1n) is 9.88. The predicted molar refractivity (Wildman–Crippen MR) is 134 cm³/mol. The van der Waals surface area contributed by atoms with Gasteiger partial charge in [-0.05, 0) is 61.2 Å². The van der Waals surface area contributed by atoms with Crippen LogP contribution in [0.25, 0.3) is 21.3 Å². The number of anilines is 3. The Bertz CT molecular complexity index is 1120. The quantitative estimate of drug-likeness (QED) is 0.319. The molecule has 30 heavy (non-hydrogen) atoms. The fourth-order valence-electron chi connectivity index (χ4n) is 3.86. The third-order valence-electron chi connectivity index (χ3n) is 5.38. The maximum atomic E-state index is 4.56. The SMILES string of the molecule is Brc1ccc(-c2csc3ncnc(Nc4ccc(N5CCCCC5)cc4)c23)cc1.Cl. The number of rotatable bonds is 4. The van der Waals surface area contributed by atoms with Gasteiger partial charge >= 0.3 is 0 Å². The summed E-state index contributed by atoms with van der Waals surface area (Å²) in [6.07, 6.45) is 5.56. The number of hydrogen-bond donors (Lipinski definition) is 1. The van der Waals surface area contributed by atoms with E-state index >= 15 is 0 Å². The topological polar surface area (TPSA) is 41.1 Å². The first-order valence-corrected chi connectivity index (χ1v) is 11.6. The van der Waals surface area contributed by atoms with Crippen molar-refractivity contribution in [1.82, 2.24) is 9.97 Å². The zero-order chi connectivity index (χ0) is 19.6. The van der Waals surface area contributed by atoms with Gasteiger partial charge in [-0.2, -0.15) is 0 Å². The fraction of sp³-hybridized carbons (Fsp3) is 0.217. The van der Waals surface area contributed by atoms with Crippen LogP contribution in [-0.4, -0.2) is 23.1 Å². The van der Waals surface area contributed by atoms with E-state index in [-0.39, 0.29) is 12.4 Å². The number of piperidine rings is 1. The van der Waals surface area contributed by atoms with Crippen LogP contribution in [0, 0.1) is 0 Å². The fourth-order valence-corrected chi connectivity index (χ4v) is 5.04. The van der Waals surface area contributed by atoms with E-state index in [2.05, 4.69) is 90.0 Å². The van der Waals surface area contributed by atoms with Crippen molar-refractivity contribution in [3.05, 3.63) is 64.7 Å². The van der Waals surface area contributed by atoms with Gasteiger partial charge in [0.25, 0.3) is 0 Å². The summed E-state index contributed by atoms with van der Waals surface area (Å²) in [4.78, 5) is 12.5. The Morgan fingerprint density at radius 1 is 0.900 bits per heavy atom. The van der Waals surface area contributed by atoms with Gasteiger partial charge in [-0.25, -0.2) is 9.97 Å². The van der Waals surface area contributed by atoms with Crippen LogP contribution in [0.3, 0.4) is 0 Å². The zero-order valence-electron chi connectivity index (χ0n) is 16.3. The molecule has 5 rings (SSSR count). The second-order valence-corrected chi connectivity index (χ2v) is 9.05. The summed E-state index contributed by atoms with van der Waals surface area (Å²) in [6, 6.07) is 17.1. The van der Waals surface area contributed by atoms with Crippen LogP contribution >= 0.6 is 39.7 Å². The summed E-state index contributed by atoms with van der Waals surface area (Å²) in [5.74, 6) is 0.847. The molecule has 1 saturated heterocycles. The molecule has 0 bridgehead atoms. The molecule has 4 aromatic rings. The molecule has 0 saturated carbocycles. The average molecular weight is 502 g/mol. The lowest BCUT2D eigenvalue weighted by atomic mass is 10.1. The van der Waals surface area contributed by atoms with Crippen molar-refractivity contribution in [2.75, 3.05) is 23.3 Å². The normalized spacial score (nSPS) is 13.8. The van der Waals surface area contributed by atoms with Crippen LogP contribution in [-0.2, 0) is 0 Å². The number of thiophene rings is 1. The van der Waals surface area contributed by atoms with Gasteiger partial charge in [-0.3, -0.25) is 0 Å². The highest BCUT2D eigenvalue weighted by atomic mass is 79.9. The zero-order valence-corrected chi connectivity index (χ0v) is 19.6. The lowest BCUT2D eigenvalue weighted by Crippen LogP contribution is -2.29. The smallest absolute Gasteiger partial charge is 0.143 e. The minimum atomic E-state index is 0. The van der Waals surface area contributed by atoms with Crippen LogP contribution in [0.4, 0.5) is 17.2 Å². The number of nitrogens with one attached hydrogen (secondary N) is 1. The van der Waals surface area contributed by atoms with Gasteiger partial charge in [0, 0.05) is 39.9 Å². The van der Waals surface area contributed by atoms with Crippen LogP contribution in [0.1, 0.15) is 19.3 Å². The number of fused-ring (bicyclic) bond motifs is 1. The molecular formula is C23H22BrClN4S. The van der Waals surface area contributed by atoms with E-state index in [9.17, 15) is 0 Å². The molecule has 1 fully saturated rings. The minimum absolute atomic E-state index is 0. The minimum Gasteiger partial charge on any atom is -0.372 e. The summed E-state index contributed by atoms with van der Waals surface area (Å²) in [5.41, 5.74) is 4.66. The third-order valence-corrected chi connectivity index (χ3v) is 6.79. The van der Waals surface area contributed by atoms with Crippen molar-refractivity contribution in [3.63, 3.8) is 0 Å². The Kier molecular flexibility index (Phi) is 6.56. The van der Waals surface area contributed by atoms with Gasteiger partial charge in [0.1, 0.15) is 17.0 Å². The summed E-state index contributed by atoms with van der Waals surface area (Å²) >= 11 is 5.16. The van der Waals surface area contributed by atoms with E-state index in [1.54, 1.807) is 17.7 Å². The van der Waals surface area contributed by atoms with Gasteiger partial charge in [0.15, 0.2) is 0 Å². The van der Waals surface area contributed by atoms with Gasteiger partial charge in [0.2, 0.25) is 0 Å². The lowest BCUT2D eigenvalue weighted by Gasteiger charge is -2.28. The van der Waals surface area contributed by atoms with Crippen LogP contribution in [0.15, 0.2) is 64.7 Å². The first-order chi connectivity index (χ1) is 14.3. The molecule has 0 spiro atoms. The molecule has 2 aromatic heterocycles. The lowest BCUT2D eigenvalue weighted by molar-refractivity contribution is 0.578. The molecule has 4 nitrogen and oxygen atoms in total. The van der Waals surface area contributed by atoms with Gasteiger partial charge in [-0.1, -0.05) is 28.1 Å². The highest BCUT2D eigenvalue weighted by Crippen LogP contribution is 2.38. The Labute approximate surface area is 194 Å². The maximum Gasteiger partial charge on any atom is 0.143 e. The van der Waals surface area contributed by atoms with E-state index in [1.807, 2.05) is 0 Å². The van der Waals surface area contributed by atoms with Crippen LogP contribution < -0.4 is 10.2 Å². The number of aromatic nitrogens is 2. The molecule has 0 amide bonds. The van der Waals surface area contributed by atoms with Gasteiger partial charge in [0.05, 0.1) is 5.39 Å². The second-order valence-electron chi connectivity index (χ2n) is 7.28. The molecule has 0 atom stereocenters. The second kappa shape index (κ2) is 9.33. The van der Waals surface area contributed by atoms with Gasteiger partial charge < -0.3 is 10.2 Å². The largest absolute Gasteiger partial charge is 0.372 e. The van der Waals surface area contributed by atoms with Crippen molar-refractivity contribution in [3.8, 4) is 11.1 Å². The summed E-state index contributed by atoms with van der Waals surface area (Å²) in [6.45, 7) is 2.32. The van der Waals surface area contributed by atoms with Crippen molar-refractivity contribution in [2.24, 2.45) is 0 Å². The average Bonchev–Trinajstić information content (AvgIpc) is 3.21. The highest BCUT2D eigenvalue weighted by molar-refractivity contribution is 9.10. The molecule has 7 heteroatoms. The van der Waals surface area contributed by atoms with E-state index in [0.717, 1.165) is 50.4 Å². The van der Waals surface area contributed by atoms with Crippen molar-refractivity contribution >= 4 is 67.1 Å². The third kappa shape index (κ3) is 4.31. The molecule has 2 aromatic carbocycles. The molecule has 0 aliphatic carbocycles. The Balaban J connectivity index is 0.00000218. The molecule has 1 aliphatic rings. The molecule has 3 heterocycles. The maximum absolute atomic E-state index is 4.56. The van der Waals surface area contributed by atoms with Gasteiger partial charge in [-0.15, -0.1) is 23.7 Å². The summed E-state index contributed by atoms with van der Waals surface area (Å²) in [7, 11) is 0. The summed E-state index contributed by atoms with van der Waals surface area (Å²) < 4.78 is 1.07. The molecular weight excluding hydrogens is 480 g/mol. The predicted octanol–water partition coefficient (Wildman–Crippen LogP) is 7.28. The van der Waals surface area contributed by atoms with Crippen molar-refractivity contribution < 1.29 is 0 Å². The molecule has 0 unspecified atom stereocenters. The number of benzene rings is 2. The van der Waals surface area contributed by atoms with E-state index in [0.29, 0.717) is 0 Å². The Morgan fingerprint density at radius 2 is 1.63 bits per heavy atom. The van der Waals surface area contributed by atoms with Crippen molar-refractivity contribution in [2.45, 2.75) is 19.3 Å². The molecule has 0 radical (unpaired) electrons. The van der Waals surface area contributed by atoms with Crippen LogP contribution in [0.2, 0.25) is 0 Å². The number of hydrogen-bond acceptors (Lipinski definition) is 5. The first kappa shape index (κ1) is 21.1. The monoisotopic (exact) mass is 500 g/mol. The Hall–Kier alpha value is -2.15. The molecule has 1 aliphatic heterocycles. The number of nitrogens with zero attached hydrogens (tertiary/aromatic N) is 3. The van der Waals surface area contributed by atoms with E-state index < -0.39 is 0 Å². The molecule has 1 N–H and O–H groups in total. The van der Waals surface area contributed by atoms with Crippen LogP contribution in [0.5, 0.6) is 0 Å². The number of halogens is 2. The van der Waals surface area contributed by atoms with E-state index in [1.165, 1.54) is 24.9 Å². The van der Waals surface area contributed by atoms with Crippen molar-refractivity contribution in [1.29, 1.82) is 0 Å². The summed E-state index contributed by atoms with van der Waals surface area (Å²) in [5, 5.41) is 6.74. The standard InChI is InChI=1S/C23H21BrN4S.ClH/c24-17-6-4-16(5-7-17)20-14-29-23-21(20)22(25-15-26-23)27-18-8-10-19(11-9-18)28-12-2-1-3-13-28;/h4-11,14-15H,1-3,12-13H2,(H,25,26,27);1H. The highest BCUT2D eigenvalue weighted by Gasteiger charge is 2.14. The molecule has 154 valence electrons. The Morgan fingerprint density at radius 3 is 2.37 bits per heavy atom. The van der Waals surface area contributed by atoms with E-state index in [4.69, 9.17) is 0 Å².